The summed E-state index contributed by atoms with van der Waals surface area (Å²) >= 11 is 0. The van der Waals surface area contributed by atoms with E-state index in [0.717, 1.165) is 33.4 Å². The number of hydrogen-bond acceptors (Lipinski definition) is 3. The van der Waals surface area contributed by atoms with Gasteiger partial charge in [-0.1, -0.05) is 42.5 Å². The molecule has 136 valence electrons. The fourth-order valence-electron chi connectivity index (χ4n) is 4.17. The van der Waals surface area contributed by atoms with Crippen molar-refractivity contribution in [2.24, 2.45) is 7.05 Å². The monoisotopic (exact) mass is 366 g/mol. The van der Waals surface area contributed by atoms with E-state index < -0.39 is 0 Å². The fraction of sp³-hybridized carbons (Fsp3) is 0.0833. The number of para-hydroxylation sites is 1. The van der Waals surface area contributed by atoms with E-state index in [1.54, 1.807) is 11.6 Å². The standard InChI is InChI=1S/C24H18N2O2/c1-14-20-16-10-6-7-11-17(16)23(27)21-18(25-15-8-4-3-5-9-15)12-13-19(22(20)21)26(2)24(14)28/h3-13,25H,1-2H3. The van der Waals surface area contributed by atoms with Gasteiger partial charge in [0.2, 0.25) is 0 Å². The van der Waals surface area contributed by atoms with Gasteiger partial charge in [-0.25, -0.2) is 0 Å². The highest BCUT2D eigenvalue weighted by Crippen LogP contribution is 2.43. The summed E-state index contributed by atoms with van der Waals surface area (Å²) in [6.07, 6.45) is 0. The van der Waals surface area contributed by atoms with Crippen LogP contribution in [0.5, 0.6) is 0 Å². The van der Waals surface area contributed by atoms with E-state index in [1.807, 2.05) is 73.7 Å². The third-order valence-electron chi connectivity index (χ3n) is 5.52. The number of carbonyl (C=O) groups excluding carboxylic acids is 1. The van der Waals surface area contributed by atoms with Crippen LogP contribution in [0.4, 0.5) is 11.4 Å². The molecule has 0 radical (unpaired) electrons. The maximum Gasteiger partial charge on any atom is 0.254 e. The Hall–Kier alpha value is -3.66. The molecule has 0 aliphatic heterocycles. The lowest BCUT2D eigenvalue weighted by molar-refractivity contribution is 0.104. The predicted octanol–water partition coefficient (Wildman–Crippen LogP) is 4.80. The van der Waals surface area contributed by atoms with Gasteiger partial charge < -0.3 is 9.88 Å². The minimum atomic E-state index is -0.0404. The molecule has 0 spiro atoms. The number of aryl methyl sites for hydroxylation is 1. The summed E-state index contributed by atoms with van der Waals surface area (Å²) in [5, 5.41) is 4.22. The van der Waals surface area contributed by atoms with Gasteiger partial charge in [0.15, 0.2) is 5.78 Å². The first-order valence-electron chi connectivity index (χ1n) is 9.20. The fourth-order valence-corrected chi connectivity index (χ4v) is 4.17. The Labute approximate surface area is 162 Å². The highest BCUT2D eigenvalue weighted by molar-refractivity contribution is 6.28. The summed E-state index contributed by atoms with van der Waals surface area (Å²) in [6, 6.07) is 21.1. The normalized spacial score (nSPS) is 12.1. The van der Waals surface area contributed by atoms with E-state index in [4.69, 9.17) is 0 Å². The van der Waals surface area contributed by atoms with Crippen molar-refractivity contribution < 1.29 is 4.79 Å². The molecule has 0 saturated carbocycles. The number of pyridine rings is 1. The SMILES string of the molecule is Cc1c2c3c(c(Nc4ccccc4)ccc3n(C)c1=O)C(=O)c1ccccc1-2. The number of carbonyl (C=O) groups is 1. The molecule has 4 aromatic rings. The zero-order valence-electron chi connectivity index (χ0n) is 15.6. The second-order valence-corrected chi connectivity index (χ2v) is 7.11. The average molecular weight is 366 g/mol. The molecule has 1 N–H and O–H groups in total. The molecule has 28 heavy (non-hydrogen) atoms. The Kier molecular flexibility index (Phi) is 3.49. The molecule has 4 nitrogen and oxygen atoms in total. The Morgan fingerprint density at radius 3 is 2.21 bits per heavy atom. The molecule has 3 aromatic carbocycles. The lowest BCUT2D eigenvalue weighted by Crippen LogP contribution is -2.24. The number of hydrogen-bond donors (Lipinski definition) is 1. The van der Waals surface area contributed by atoms with E-state index in [-0.39, 0.29) is 11.3 Å². The average Bonchev–Trinajstić information content (AvgIpc) is 2.72. The first-order valence-corrected chi connectivity index (χ1v) is 9.20. The molecule has 4 heteroatoms. The quantitative estimate of drug-likeness (QED) is 0.488. The zero-order chi connectivity index (χ0) is 19.4. The van der Waals surface area contributed by atoms with Crippen LogP contribution >= 0.6 is 0 Å². The Bertz CT molecular complexity index is 1330. The Morgan fingerprint density at radius 1 is 0.786 bits per heavy atom. The van der Waals surface area contributed by atoms with Gasteiger partial charge >= 0.3 is 0 Å². The topological polar surface area (TPSA) is 51.1 Å². The molecular formula is C24H18N2O2. The van der Waals surface area contributed by atoms with Crippen molar-refractivity contribution in [3.05, 3.63) is 93.8 Å². The molecule has 1 aliphatic carbocycles. The van der Waals surface area contributed by atoms with Gasteiger partial charge in [-0.3, -0.25) is 9.59 Å². The molecule has 0 saturated heterocycles. The van der Waals surface area contributed by atoms with Crippen LogP contribution in [0.1, 0.15) is 21.5 Å². The Morgan fingerprint density at radius 2 is 1.46 bits per heavy atom. The van der Waals surface area contributed by atoms with Crippen molar-refractivity contribution in [3.63, 3.8) is 0 Å². The summed E-state index contributed by atoms with van der Waals surface area (Å²) in [7, 11) is 1.76. The van der Waals surface area contributed by atoms with Crippen molar-refractivity contribution >= 4 is 28.1 Å². The molecular weight excluding hydrogens is 348 g/mol. The molecule has 5 rings (SSSR count). The van der Waals surface area contributed by atoms with Gasteiger partial charge in [-0.2, -0.15) is 0 Å². The largest absolute Gasteiger partial charge is 0.355 e. The molecule has 1 aromatic heterocycles. The van der Waals surface area contributed by atoms with Crippen molar-refractivity contribution in [2.45, 2.75) is 6.92 Å². The lowest BCUT2D eigenvalue weighted by Gasteiger charge is -2.25. The van der Waals surface area contributed by atoms with Gasteiger partial charge in [-0.15, -0.1) is 0 Å². The van der Waals surface area contributed by atoms with Gasteiger partial charge in [0.1, 0.15) is 0 Å². The maximum atomic E-state index is 13.5. The second kappa shape index (κ2) is 5.92. The van der Waals surface area contributed by atoms with E-state index in [2.05, 4.69) is 5.32 Å². The van der Waals surface area contributed by atoms with Crippen LogP contribution in [0, 0.1) is 6.92 Å². The highest BCUT2D eigenvalue weighted by atomic mass is 16.1. The number of nitrogens with zero attached hydrogens (tertiary/aromatic N) is 1. The first-order chi connectivity index (χ1) is 13.6. The summed E-state index contributed by atoms with van der Waals surface area (Å²) in [5.41, 5.74) is 5.99. The van der Waals surface area contributed by atoms with Crippen LogP contribution in [-0.2, 0) is 7.05 Å². The van der Waals surface area contributed by atoms with Gasteiger partial charge in [0.25, 0.3) is 5.56 Å². The number of ketones is 1. The molecule has 0 bridgehead atoms. The zero-order valence-corrected chi connectivity index (χ0v) is 15.6. The molecule has 0 amide bonds. The van der Waals surface area contributed by atoms with E-state index >= 15 is 0 Å². The van der Waals surface area contributed by atoms with Gasteiger partial charge in [0.05, 0.1) is 16.8 Å². The summed E-state index contributed by atoms with van der Waals surface area (Å²) in [4.78, 5) is 26.3. The number of fused-ring (bicyclic) bond motifs is 2. The number of rotatable bonds is 2. The molecule has 0 fully saturated rings. The minimum absolute atomic E-state index is 0.0230. The van der Waals surface area contributed by atoms with E-state index in [9.17, 15) is 9.59 Å². The second-order valence-electron chi connectivity index (χ2n) is 7.11. The van der Waals surface area contributed by atoms with Crippen LogP contribution in [-0.4, -0.2) is 10.4 Å². The maximum absolute atomic E-state index is 13.5. The van der Waals surface area contributed by atoms with Crippen LogP contribution in [0.3, 0.4) is 0 Å². The summed E-state index contributed by atoms with van der Waals surface area (Å²) in [5.74, 6) is -0.0230. The molecule has 0 unspecified atom stereocenters. The van der Waals surface area contributed by atoms with Crippen molar-refractivity contribution in [2.75, 3.05) is 5.32 Å². The Balaban J connectivity index is 1.92. The molecule has 0 atom stereocenters. The van der Waals surface area contributed by atoms with Gasteiger partial charge in [0, 0.05) is 34.8 Å². The summed E-state index contributed by atoms with van der Waals surface area (Å²) in [6.45, 7) is 1.84. The summed E-state index contributed by atoms with van der Waals surface area (Å²) < 4.78 is 1.63. The van der Waals surface area contributed by atoms with Gasteiger partial charge in [-0.05, 0) is 36.8 Å². The van der Waals surface area contributed by atoms with E-state index in [1.165, 1.54) is 0 Å². The highest BCUT2D eigenvalue weighted by Gasteiger charge is 2.30. The predicted molar refractivity (Wildman–Crippen MR) is 113 cm³/mol. The number of anilines is 2. The van der Waals surface area contributed by atoms with Crippen LogP contribution in [0.2, 0.25) is 0 Å². The minimum Gasteiger partial charge on any atom is -0.355 e. The van der Waals surface area contributed by atoms with Crippen molar-refractivity contribution in [3.8, 4) is 11.1 Å². The molecule has 1 heterocycles. The lowest BCUT2D eigenvalue weighted by atomic mass is 9.81. The number of nitrogens with one attached hydrogen (secondary N) is 1. The van der Waals surface area contributed by atoms with Crippen molar-refractivity contribution in [1.29, 1.82) is 0 Å². The third-order valence-corrected chi connectivity index (χ3v) is 5.52. The smallest absolute Gasteiger partial charge is 0.254 e. The number of aromatic nitrogens is 1. The van der Waals surface area contributed by atoms with Crippen LogP contribution < -0.4 is 10.9 Å². The first kappa shape index (κ1) is 16.5. The van der Waals surface area contributed by atoms with Crippen LogP contribution in [0.15, 0.2) is 71.5 Å². The van der Waals surface area contributed by atoms with Crippen LogP contribution in [0.25, 0.3) is 22.0 Å². The third kappa shape index (κ3) is 2.18. The van der Waals surface area contributed by atoms with Crippen molar-refractivity contribution in [1.82, 2.24) is 4.57 Å². The molecule has 1 aliphatic rings. The number of benzene rings is 3. The van der Waals surface area contributed by atoms with E-state index in [0.29, 0.717) is 16.7 Å².